The number of rotatable bonds is 9. The van der Waals surface area contributed by atoms with Gasteiger partial charge in [0.2, 0.25) is 0 Å². The monoisotopic (exact) mass is 702 g/mol. The van der Waals surface area contributed by atoms with Gasteiger partial charge in [0.1, 0.15) is 11.2 Å². The molecule has 1 heterocycles. The number of furan rings is 1. The van der Waals surface area contributed by atoms with Gasteiger partial charge in [-0.3, -0.25) is 4.99 Å². The van der Waals surface area contributed by atoms with E-state index in [-0.39, 0.29) is 0 Å². The molecule has 54 heavy (non-hydrogen) atoms. The van der Waals surface area contributed by atoms with Gasteiger partial charge in [0.05, 0.1) is 6.54 Å². The van der Waals surface area contributed by atoms with Crippen molar-refractivity contribution in [2.75, 3.05) is 0 Å². The van der Waals surface area contributed by atoms with Crippen molar-refractivity contribution < 1.29 is 4.42 Å². The molecule has 3 nitrogen and oxygen atoms in total. The van der Waals surface area contributed by atoms with Crippen LogP contribution in [0.2, 0.25) is 0 Å². The van der Waals surface area contributed by atoms with Crippen LogP contribution in [0.15, 0.2) is 180 Å². The van der Waals surface area contributed by atoms with E-state index >= 15 is 0 Å². The zero-order chi connectivity index (χ0) is 37.4. The number of fused-ring (bicyclic) bond motifs is 3. The predicted molar refractivity (Wildman–Crippen MR) is 231 cm³/mol. The van der Waals surface area contributed by atoms with Crippen molar-refractivity contribution in [2.45, 2.75) is 40.2 Å². The largest absolute Gasteiger partial charge is 0.456 e. The molecule has 0 aliphatic carbocycles. The number of benzene rings is 7. The molecular formula is C51H46N2O. The van der Waals surface area contributed by atoms with Crippen LogP contribution in [0.5, 0.6) is 0 Å². The molecule has 1 aromatic heterocycles. The van der Waals surface area contributed by atoms with Crippen molar-refractivity contribution in [1.82, 2.24) is 0 Å². The zero-order valence-electron chi connectivity index (χ0n) is 31.3. The fourth-order valence-electron chi connectivity index (χ4n) is 7.19. The maximum atomic E-state index is 6.25. The number of aliphatic imine (C=N–C) groups is 1. The molecule has 0 spiro atoms. The molecule has 0 unspecified atom stereocenters. The second kappa shape index (κ2) is 16.5. The van der Waals surface area contributed by atoms with Crippen molar-refractivity contribution in [3.8, 4) is 33.4 Å². The van der Waals surface area contributed by atoms with Crippen LogP contribution in [0.25, 0.3) is 61.0 Å². The number of nitrogens with two attached hydrogens (primary N) is 1. The van der Waals surface area contributed by atoms with Crippen LogP contribution in [0.4, 0.5) is 0 Å². The first kappa shape index (κ1) is 35.9. The van der Waals surface area contributed by atoms with Crippen LogP contribution in [0.3, 0.4) is 0 Å². The SMILES string of the molecule is C=C(N)c1ccccc1.CCCc1ccc(-c2cccc3oc4ccccc4c23)cc1-c1c(C)cccc1-c1cccc(C(C)=NCc2ccccc2)c1. The van der Waals surface area contributed by atoms with Gasteiger partial charge in [-0.2, -0.15) is 0 Å². The van der Waals surface area contributed by atoms with Gasteiger partial charge in [0.15, 0.2) is 0 Å². The van der Waals surface area contributed by atoms with Crippen LogP contribution < -0.4 is 5.73 Å². The Balaban J connectivity index is 0.000000440. The fraction of sp³-hybridized carbons (Fsp3) is 0.118. The summed E-state index contributed by atoms with van der Waals surface area (Å²) in [6.07, 6.45) is 2.11. The second-order valence-corrected chi connectivity index (χ2v) is 13.8. The topological polar surface area (TPSA) is 51.5 Å². The van der Waals surface area contributed by atoms with Crippen molar-refractivity contribution in [2.24, 2.45) is 10.7 Å². The predicted octanol–water partition coefficient (Wildman–Crippen LogP) is 13.5. The van der Waals surface area contributed by atoms with E-state index in [2.05, 4.69) is 149 Å². The Morgan fingerprint density at radius 2 is 1.28 bits per heavy atom. The zero-order valence-corrected chi connectivity index (χ0v) is 31.3. The molecule has 0 bridgehead atoms. The Morgan fingerprint density at radius 1 is 0.630 bits per heavy atom. The van der Waals surface area contributed by atoms with Gasteiger partial charge in [-0.05, 0) is 106 Å². The summed E-state index contributed by atoms with van der Waals surface area (Å²) in [6, 6.07) is 57.4. The summed E-state index contributed by atoms with van der Waals surface area (Å²) >= 11 is 0. The Kier molecular flexibility index (Phi) is 11.0. The molecule has 0 aliphatic rings. The van der Waals surface area contributed by atoms with Gasteiger partial charge in [-0.25, -0.2) is 0 Å². The number of aryl methyl sites for hydroxylation is 2. The van der Waals surface area contributed by atoms with E-state index < -0.39 is 0 Å². The van der Waals surface area contributed by atoms with Gasteiger partial charge in [-0.1, -0.05) is 159 Å². The fourth-order valence-corrected chi connectivity index (χ4v) is 7.19. The first-order valence-corrected chi connectivity index (χ1v) is 18.7. The van der Waals surface area contributed by atoms with E-state index in [0.717, 1.165) is 46.2 Å². The third-order valence-electron chi connectivity index (χ3n) is 9.96. The van der Waals surface area contributed by atoms with Crippen molar-refractivity contribution in [3.05, 3.63) is 198 Å². The molecule has 8 rings (SSSR count). The first-order chi connectivity index (χ1) is 26.4. The summed E-state index contributed by atoms with van der Waals surface area (Å²) in [5, 5.41) is 2.32. The third kappa shape index (κ3) is 7.82. The minimum Gasteiger partial charge on any atom is -0.456 e. The summed E-state index contributed by atoms with van der Waals surface area (Å²) in [5.41, 5.74) is 22.4. The summed E-state index contributed by atoms with van der Waals surface area (Å²) in [5.74, 6) is 0. The number of hydrogen-bond donors (Lipinski definition) is 1. The van der Waals surface area contributed by atoms with Crippen LogP contribution in [-0.2, 0) is 13.0 Å². The average molecular weight is 703 g/mol. The first-order valence-electron chi connectivity index (χ1n) is 18.7. The Hall–Kier alpha value is -6.45. The highest BCUT2D eigenvalue weighted by Crippen LogP contribution is 2.42. The Morgan fingerprint density at radius 3 is 2.04 bits per heavy atom. The molecule has 7 aromatic carbocycles. The second-order valence-electron chi connectivity index (χ2n) is 13.8. The summed E-state index contributed by atoms with van der Waals surface area (Å²) < 4.78 is 6.25. The van der Waals surface area contributed by atoms with Gasteiger partial charge < -0.3 is 10.2 Å². The molecule has 8 aromatic rings. The lowest BCUT2D eigenvalue weighted by Crippen LogP contribution is -1.98. The number of hydrogen-bond acceptors (Lipinski definition) is 3. The smallest absolute Gasteiger partial charge is 0.136 e. The van der Waals surface area contributed by atoms with Gasteiger partial charge in [0, 0.05) is 22.2 Å². The number of para-hydroxylation sites is 1. The Labute approximate surface area is 319 Å². The van der Waals surface area contributed by atoms with Crippen LogP contribution in [-0.4, -0.2) is 5.71 Å². The molecule has 0 amide bonds. The maximum Gasteiger partial charge on any atom is 0.136 e. The van der Waals surface area contributed by atoms with E-state index in [1.165, 1.54) is 55.5 Å². The molecule has 266 valence electrons. The number of nitrogens with zero attached hydrogens (tertiary/aromatic N) is 1. The summed E-state index contributed by atoms with van der Waals surface area (Å²) in [7, 11) is 0. The average Bonchev–Trinajstić information content (AvgIpc) is 3.60. The molecular weight excluding hydrogens is 657 g/mol. The van der Waals surface area contributed by atoms with E-state index in [1.54, 1.807) is 0 Å². The minimum atomic E-state index is 0.621. The van der Waals surface area contributed by atoms with Crippen LogP contribution in [0.1, 0.15) is 48.1 Å². The Bertz CT molecular complexity index is 2580. The van der Waals surface area contributed by atoms with Crippen LogP contribution in [0, 0.1) is 6.92 Å². The van der Waals surface area contributed by atoms with E-state index in [9.17, 15) is 0 Å². The van der Waals surface area contributed by atoms with Crippen molar-refractivity contribution >= 4 is 33.3 Å². The summed E-state index contributed by atoms with van der Waals surface area (Å²) in [6.45, 7) is 10.9. The molecule has 3 heteroatoms. The quantitative estimate of drug-likeness (QED) is 0.152. The highest BCUT2D eigenvalue weighted by molar-refractivity contribution is 6.12. The molecule has 0 atom stereocenters. The maximum absolute atomic E-state index is 6.25. The third-order valence-corrected chi connectivity index (χ3v) is 9.96. The van der Waals surface area contributed by atoms with Gasteiger partial charge in [0.25, 0.3) is 0 Å². The minimum absolute atomic E-state index is 0.621. The molecule has 2 N–H and O–H groups in total. The molecule has 0 aliphatic heterocycles. The normalized spacial score (nSPS) is 11.4. The molecule has 0 saturated heterocycles. The standard InChI is InChI=1S/C43H37NO.C8H9N/c1-4-13-32-24-25-35(37-21-12-23-41-43(37)38-19-8-9-22-40(38)45-41)27-39(32)42-29(2)14-10-20-36(42)34-18-11-17-33(26-34)30(3)44-28-31-15-6-5-7-16-31;1-7(9)8-5-3-2-4-6-8/h5-12,14-27H,4,13,28H2,1-3H3;2-6H,1,9H2. The van der Waals surface area contributed by atoms with E-state index in [4.69, 9.17) is 15.1 Å². The lowest BCUT2D eigenvalue weighted by molar-refractivity contribution is 0.669. The van der Waals surface area contributed by atoms with Gasteiger partial charge >= 0.3 is 0 Å². The van der Waals surface area contributed by atoms with E-state index in [0.29, 0.717) is 12.2 Å². The van der Waals surface area contributed by atoms with Crippen molar-refractivity contribution in [3.63, 3.8) is 0 Å². The molecule has 0 radical (unpaired) electrons. The highest BCUT2D eigenvalue weighted by atomic mass is 16.3. The summed E-state index contributed by atoms with van der Waals surface area (Å²) in [4.78, 5) is 4.93. The molecule has 0 fully saturated rings. The highest BCUT2D eigenvalue weighted by Gasteiger charge is 2.18. The van der Waals surface area contributed by atoms with Crippen LogP contribution >= 0.6 is 0 Å². The lowest BCUT2D eigenvalue weighted by atomic mass is 9.85. The lowest BCUT2D eigenvalue weighted by Gasteiger charge is -2.19. The van der Waals surface area contributed by atoms with E-state index in [1.807, 2.05) is 42.5 Å². The van der Waals surface area contributed by atoms with Gasteiger partial charge in [-0.15, -0.1) is 0 Å². The molecule has 0 saturated carbocycles. The van der Waals surface area contributed by atoms with Crippen molar-refractivity contribution in [1.29, 1.82) is 0 Å².